The van der Waals surface area contributed by atoms with Crippen LogP contribution in [0.4, 0.5) is 0 Å². The molecule has 3 amide bonds. The van der Waals surface area contributed by atoms with Crippen molar-refractivity contribution in [1.29, 1.82) is 0 Å². The van der Waals surface area contributed by atoms with Gasteiger partial charge in [0, 0.05) is 25.9 Å². The van der Waals surface area contributed by atoms with Gasteiger partial charge in [-0.3, -0.25) is 19.6 Å². The van der Waals surface area contributed by atoms with Crippen LogP contribution in [0.5, 0.6) is 0 Å². The van der Waals surface area contributed by atoms with E-state index in [2.05, 4.69) is 5.32 Å². The summed E-state index contributed by atoms with van der Waals surface area (Å²) in [6, 6.07) is -0.597. The predicted molar refractivity (Wildman–Crippen MR) is 94.8 cm³/mol. The summed E-state index contributed by atoms with van der Waals surface area (Å²) in [6.07, 6.45) is 6.65. The van der Waals surface area contributed by atoms with Crippen molar-refractivity contribution in [2.24, 2.45) is 11.8 Å². The number of rotatable bonds is 3. The largest absolute Gasteiger partial charge is 0.344 e. The molecule has 1 fully saturated rings. The molecule has 25 heavy (non-hydrogen) atoms. The smallest absolute Gasteiger partial charge is 0.245 e. The average Bonchev–Trinajstić information content (AvgIpc) is 2.58. The first-order valence-corrected chi connectivity index (χ1v) is 9.35. The molecule has 0 spiro atoms. The third kappa shape index (κ3) is 7.42. The van der Waals surface area contributed by atoms with Crippen molar-refractivity contribution in [3.8, 4) is 0 Å². The predicted octanol–water partition coefficient (Wildman–Crippen LogP) is 1.84. The van der Waals surface area contributed by atoms with Crippen LogP contribution in [0, 0.1) is 11.8 Å². The lowest BCUT2D eigenvalue weighted by Crippen LogP contribution is -2.52. The van der Waals surface area contributed by atoms with E-state index < -0.39 is 17.9 Å². The Hall–Kier alpha value is -1.63. The van der Waals surface area contributed by atoms with Crippen molar-refractivity contribution in [1.82, 2.24) is 15.7 Å². The fourth-order valence-electron chi connectivity index (χ4n) is 3.17. The van der Waals surface area contributed by atoms with E-state index >= 15 is 0 Å². The molecule has 0 aromatic rings. The Morgan fingerprint density at radius 1 is 1.20 bits per heavy atom. The van der Waals surface area contributed by atoms with E-state index in [4.69, 9.17) is 5.21 Å². The maximum absolute atomic E-state index is 12.7. The third-order valence-electron chi connectivity index (χ3n) is 4.83. The van der Waals surface area contributed by atoms with Gasteiger partial charge in [-0.25, -0.2) is 5.48 Å². The minimum atomic E-state index is -0.597. The highest BCUT2D eigenvalue weighted by Crippen LogP contribution is 2.18. The molecule has 1 rings (SSSR count). The summed E-state index contributed by atoms with van der Waals surface area (Å²) < 4.78 is 0. The van der Waals surface area contributed by atoms with Crippen LogP contribution in [0.1, 0.15) is 65.2 Å². The molecule has 0 bridgehead atoms. The van der Waals surface area contributed by atoms with Crippen molar-refractivity contribution < 1.29 is 19.6 Å². The second kappa shape index (κ2) is 11.1. The minimum Gasteiger partial charge on any atom is -0.344 e. The van der Waals surface area contributed by atoms with Gasteiger partial charge in [-0.2, -0.15) is 0 Å². The van der Waals surface area contributed by atoms with Crippen LogP contribution in [-0.2, 0) is 14.4 Å². The van der Waals surface area contributed by atoms with Gasteiger partial charge in [-0.05, 0) is 18.8 Å². The zero-order chi connectivity index (χ0) is 18.8. The summed E-state index contributed by atoms with van der Waals surface area (Å²) in [7, 11) is 1.77. The lowest BCUT2D eigenvalue weighted by atomic mass is 9.94. The zero-order valence-electron chi connectivity index (χ0n) is 15.7. The van der Waals surface area contributed by atoms with E-state index in [1.165, 1.54) is 0 Å². The van der Waals surface area contributed by atoms with E-state index in [1.54, 1.807) is 17.4 Å². The van der Waals surface area contributed by atoms with Crippen LogP contribution >= 0.6 is 0 Å². The zero-order valence-corrected chi connectivity index (χ0v) is 15.7. The molecule has 7 heteroatoms. The normalized spacial score (nSPS) is 24.6. The monoisotopic (exact) mass is 355 g/mol. The topological polar surface area (TPSA) is 98.7 Å². The van der Waals surface area contributed by atoms with Crippen LogP contribution in [0.2, 0.25) is 0 Å². The van der Waals surface area contributed by atoms with Crippen molar-refractivity contribution in [3.63, 3.8) is 0 Å². The Kier molecular flexibility index (Phi) is 9.49. The molecule has 2 atom stereocenters. The van der Waals surface area contributed by atoms with Gasteiger partial charge in [-0.1, -0.05) is 46.0 Å². The van der Waals surface area contributed by atoms with Gasteiger partial charge in [0.2, 0.25) is 17.7 Å². The van der Waals surface area contributed by atoms with Gasteiger partial charge in [0.15, 0.2) is 0 Å². The lowest BCUT2D eigenvalue weighted by molar-refractivity contribution is -0.139. The average molecular weight is 355 g/mol. The summed E-state index contributed by atoms with van der Waals surface area (Å²) >= 11 is 0. The van der Waals surface area contributed by atoms with E-state index in [0.717, 1.165) is 38.5 Å². The van der Waals surface area contributed by atoms with E-state index in [-0.39, 0.29) is 24.2 Å². The van der Waals surface area contributed by atoms with Crippen molar-refractivity contribution >= 4 is 17.7 Å². The molecule has 144 valence electrons. The number of likely N-dealkylation sites (N-methyl/N-ethyl adjacent to an activating group) is 1. The molecular formula is C18H33N3O4. The Morgan fingerprint density at radius 3 is 2.40 bits per heavy atom. The Balaban J connectivity index is 2.90. The molecular weight excluding hydrogens is 322 g/mol. The number of hydroxylamine groups is 1. The number of hydrogen-bond donors (Lipinski definition) is 3. The molecule has 1 aliphatic rings. The van der Waals surface area contributed by atoms with Crippen LogP contribution in [0.3, 0.4) is 0 Å². The second-order valence-corrected chi connectivity index (χ2v) is 7.34. The minimum absolute atomic E-state index is 0.0425. The summed E-state index contributed by atoms with van der Waals surface area (Å²) in [5.41, 5.74) is 1.59. The molecule has 0 radical (unpaired) electrons. The Labute approximate surface area is 150 Å². The quantitative estimate of drug-likeness (QED) is 0.531. The number of amides is 3. The fourth-order valence-corrected chi connectivity index (χ4v) is 3.17. The molecule has 1 aliphatic heterocycles. The standard InChI is InChI=1S/C18H33N3O4/c1-13(2)16-18(24)21(3)11-9-7-5-4-6-8-10-14(17(23)19-16)12-15(22)20-25/h13-14,16,25H,4-12H2,1-3H3,(H,19,23)(H,20,22). The van der Waals surface area contributed by atoms with Gasteiger partial charge in [0.05, 0.1) is 0 Å². The van der Waals surface area contributed by atoms with Gasteiger partial charge in [0.25, 0.3) is 0 Å². The molecule has 0 saturated carbocycles. The van der Waals surface area contributed by atoms with Crippen LogP contribution in [-0.4, -0.2) is 47.5 Å². The Morgan fingerprint density at radius 2 is 1.80 bits per heavy atom. The maximum atomic E-state index is 12.7. The summed E-state index contributed by atoms with van der Waals surface area (Å²) in [6.45, 7) is 4.48. The van der Waals surface area contributed by atoms with Crippen molar-refractivity contribution in [2.75, 3.05) is 13.6 Å². The van der Waals surface area contributed by atoms with Crippen LogP contribution in [0.15, 0.2) is 0 Å². The first-order chi connectivity index (χ1) is 11.9. The molecule has 2 unspecified atom stereocenters. The van der Waals surface area contributed by atoms with Crippen LogP contribution < -0.4 is 10.8 Å². The van der Waals surface area contributed by atoms with E-state index in [1.807, 2.05) is 13.8 Å². The fraction of sp³-hybridized carbons (Fsp3) is 0.833. The van der Waals surface area contributed by atoms with Gasteiger partial charge < -0.3 is 10.2 Å². The first kappa shape index (κ1) is 21.4. The molecule has 1 heterocycles. The third-order valence-corrected chi connectivity index (χ3v) is 4.83. The van der Waals surface area contributed by atoms with Gasteiger partial charge in [0.1, 0.15) is 6.04 Å². The maximum Gasteiger partial charge on any atom is 0.245 e. The number of hydrogen-bond acceptors (Lipinski definition) is 4. The Bertz CT molecular complexity index is 454. The highest BCUT2D eigenvalue weighted by atomic mass is 16.5. The molecule has 1 saturated heterocycles. The van der Waals surface area contributed by atoms with E-state index in [0.29, 0.717) is 13.0 Å². The van der Waals surface area contributed by atoms with E-state index in [9.17, 15) is 14.4 Å². The van der Waals surface area contributed by atoms with Gasteiger partial charge >= 0.3 is 0 Å². The molecule has 0 aliphatic carbocycles. The van der Waals surface area contributed by atoms with Gasteiger partial charge in [-0.15, -0.1) is 0 Å². The molecule has 7 nitrogen and oxygen atoms in total. The first-order valence-electron chi connectivity index (χ1n) is 9.35. The molecule has 0 aromatic heterocycles. The highest BCUT2D eigenvalue weighted by Gasteiger charge is 2.30. The summed E-state index contributed by atoms with van der Waals surface area (Å²) in [5, 5.41) is 11.6. The highest BCUT2D eigenvalue weighted by molar-refractivity contribution is 5.90. The SMILES string of the molecule is CC(C)C1NC(=O)C(CC(=O)NO)CCCCCCCCN(C)C1=O. The lowest BCUT2D eigenvalue weighted by Gasteiger charge is -2.29. The summed E-state index contributed by atoms with van der Waals surface area (Å²) in [5.74, 6) is -1.54. The van der Waals surface area contributed by atoms with Crippen molar-refractivity contribution in [2.45, 2.75) is 71.3 Å². The van der Waals surface area contributed by atoms with Crippen molar-refractivity contribution in [3.05, 3.63) is 0 Å². The summed E-state index contributed by atoms with van der Waals surface area (Å²) in [4.78, 5) is 38.5. The number of carbonyl (C=O) groups excluding carboxylic acids is 3. The molecule has 3 N–H and O–H groups in total. The molecule has 0 aromatic carbocycles. The number of nitrogens with one attached hydrogen (secondary N) is 2. The number of nitrogens with zero attached hydrogens (tertiary/aromatic N) is 1. The van der Waals surface area contributed by atoms with Crippen LogP contribution in [0.25, 0.3) is 0 Å². The second-order valence-electron chi connectivity index (χ2n) is 7.34. The number of carbonyl (C=O) groups is 3.